The van der Waals surface area contributed by atoms with Gasteiger partial charge in [0.25, 0.3) is 0 Å². The standard InChI is InChI=1S/C26H27N3O3/c1-4-18-9-12-20(13-10-18)27-26(30)17-29-22-8-6-5-7-21(22)28-25(29)16-19-11-14-23(31-2)24(15-19)32-3/h5-15H,4,16-17H2,1-3H3,(H,27,30). The van der Waals surface area contributed by atoms with E-state index in [-0.39, 0.29) is 12.5 Å². The van der Waals surface area contributed by atoms with E-state index in [1.54, 1.807) is 14.2 Å². The summed E-state index contributed by atoms with van der Waals surface area (Å²) in [6.45, 7) is 2.29. The molecule has 1 aromatic heterocycles. The van der Waals surface area contributed by atoms with E-state index >= 15 is 0 Å². The molecule has 0 radical (unpaired) electrons. The van der Waals surface area contributed by atoms with Crippen LogP contribution in [0.25, 0.3) is 11.0 Å². The molecule has 0 aliphatic rings. The molecule has 0 saturated heterocycles. The Morgan fingerprint density at radius 3 is 2.38 bits per heavy atom. The first-order valence-corrected chi connectivity index (χ1v) is 10.6. The van der Waals surface area contributed by atoms with Crippen molar-refractivity contribution < 1.29 is 14.3 Å². The number of rotatable bonds is 8. The molecule has 6 heteroatoms. The molecular formula is C26H27N3O3. The molecule has 32 heavy (non-hydrogen) atoms. The minimum Gasteiger partial charge on any atom is -0.493 e. The first kappa shape index (κ1) is 21.4. The van der Waals surface area contributed by atoms with Crippen LogP contribution in [-0.2, 0) is 24.2 Å². The number of carbonyl (C=O) groups excluding carboxylic acids is 1. The van der Waals surface area contributed by atoms with E-state index in [9.17, 15) is 4.79 Å². The van der Waals surface area contributed by atoms with Gasteiger partial charge in [0.05, 0.1) is 25.3 Å². The summed E-state index contributed by atoms with van der Waals surface area (Å²) in [6.07, 6.45) is 1.53. The van der Waals surface area contributed by atoms with Crippen molar-refractivity contribution >= 4 is 22.6 Å². The summed E-state index contributed by atoms with van der Waals surface area (Å²) in [7, 11) is 3.24. The van der Waals surface area contributed by atoms with Crippen LogP contribution < -0.4 is 14.8 Å². The van der Waals surface area contributed by atoms with Gasteiger partial charge in [-0.15, -0.1) is 0 Å². The number of ether oxygens (including phenoxy) is 2. The molecule has 1 N–H and O–H groups in total. The van der Waals surface area contributed by atoms with E-state index in [0.29, 0.717) is 17.9 Å². The fourth-order valence-corrected chi connectivity index (χ4v) is 3.78. The Morgan fingerprint density at radius 2 is 1.66 bits per heavy atom. The minimum absolute atomic E-state index is 0.0917. The van der Waals surface area contributed by atoms with Crippen LogP contribution in [0.3, 0.4) is 0 Å². The fraction of sp³-hybridized carbons (Fsp3) is 0.231. The minimum atomic E-state index is -0.0917. The van der Waals surface area contributed by atoms with Gasteiger partial charge in [-0.3, -0.25) is 4.79 Å². The number of carbonyl (C=O) groups is 1. The molecular weight excluding hydrogens is 402 g/mol. The Labute approximate surface area is 187 Å². The number of methoxy groups -OCH3 is 2. The van der Waals surface area contributed by atoms with Crippen LogP contribution in [0.15, 0.2) is 66.7 Å². The number of hydrogen-bond acceptors (Lipinski definition) is 4. The Balaban J connectivity index is 1.60. The van der Waals surface area contributed by atoms with E-state index in [0.717, 1.165) is 34.5 Å². The zero-order valence-electron chi connectivity index (χ0n) is 18.6. The second-order valence-corrected chi connectivity index (χ2v) is 7.57. The van der Waals surface area contributed by atoms with Crippen LogP contribution >= 0.6 is 0 Å². The Kier molecular flexibility index (Phi) is 6.40. The van der Waals surface area contributed by atoms with Gasteiger partial charge in [-0.05, 0) is 53.9 Å². The first-order valence-electron chi connectivity index (χ1n) is 10.6. The maximum atomic E-state index is 12.9. The number of hydrogen-bond donors (Lipinski definition) is 1. The average Bonchev–Trinajstić information content (AvgIpc) is 3.16. The molecule has 3 aromatic carbocycles. The third kappa shape index (κ3) is 4.59. The van der Waals surface area contributed by atoms with Gasteiger partial charge in [0.2, 0.25) is 5.91 Å². The molecule has 0 bridgehead atoms. The zero-order chi connectivity index (χ0) is 22.5. The smallest absolute Gasteiger partial charge is 0.244 e. The van der Waals surface area contributed by atoms with Crippen molar-refractivity contribution in [2.45, 2.75) is 26.3 Å². The molecule has 6 nitrogen and oxygen atoms in total. The number of nitrogens with one attached hydrogen (secondary N) is 1. The lowest BCUT2D eigenvalue weighted by molar-refractivity contribution is -0.116. The predicted octanol–water partition coefficient (Wildman–Crippen LogP) is 4.85. The van der Waals surface area contributed by atoms with E-state index in [1.165, 1.54) is 5.56 Å². The molecule has 0 aliphatic carbocycles. The van der Waals surface area contributed by atoms with Gasteiger partial charge in [0, 0.05) is 12.1 Å². The van der Waals surface area contributed by atoms with Crippen LogP contribution in [0.1, 0.15) is 23.9 Å². The molecule has 0 aliphatic heterocycles. The zero-order valence-corrected chi connectivity index (χ0v) is 18.6. The molecule has 0 unspecified atom stereocenters. The number of aromatic nitrogens is 2. The number of aryl methyl sites for hydroxylation is 1. The lowest BCUT2D eigenvalue weighted by Crippen LogP contribution is -2.20. The largest absolute Gasteiger partial charge is 0.493 e. The van der Waals surface area contributed by atoms with Crippen LogP contribution in [0.4, 0.5) is 5.69 Å². The number of para-hydroxylation sites is 2. The first-order chi connectivity index (χ1) is 15.6. The van der Waals surface area contributed by atoms with Gasteiger partial charge in [-0.25, -0.2) is 4.98 Å². The molecule has 4 aromatic rings. The van der Waals surface area contributed by atoms with Gasteiger partial charge >= 0.3 is 0 Å². The maximum Gasteiger partial charge on any atom is 0.244 e. The van der Waals surface area contributed by atoms with Crippen molar-refractivity contribution in [3.05, 3.63) is 83.7 Å². The third-order valence-electron chi connectivity index (χ3n) is 5.49. The number of anilines is 1. The number of amides is 1. The number of fused-ring (bicyclic) bond motifs is 1. The molecule has 4 rings (SSSR count). The van der Waals surface area contributed by atoms with Gasteiger partial charge < -0.3 is 19.4 Å². The van der Waals surface area contributed by atoms with Crippen LogP contribution in [-0.4, -0.2) is 29.7 Å². The molecule has 0 atom stereocenters. The number of imidazole rings is 1. The topological polar surface area (TPSA) is 65.4 Å². The SMILES string of the molecule is CCc1ccc(NC(=O)Cn2c(Cc3ccc(OC)c(OC)c3)nc3ccccc32)cc1. The Hall–Kier alpha value is -3.80. The maximum absolute atomic E-state index is 12.9. The molecule has 0 fully saturated rings. The highest BCUT2D eigenvalue weighted by atomic mass is 16.5. The van der Waals surface area contributed by atoms with Crippen molar-refractivity contribution in [1.82, 2.24) is 9.55 Å². The van der Waals surface area contributed by atoms with Crippen LogP contribution in [0.5, 0.6) is 11.5 Å². The lowest BCUT2D eigenvalue weighted by Gasteiger charge is -2.12. The summed E-state index contributed by atoms with van der Waals surface area (Å²) in [5, 5.41) is 3.00. The summed E-state index contributed by atoms with van der Waals surface area (Å²) in [5.41, 5.74) is 4.84. The quantitative estimate of drug-likeness (QED) is 0.435. The van der Waals surface area contributed by atoms with Gasteiger partial charge in [0.15, 0.2) is 11.5 Å². The van der Waals surface area contributed by atoms with Crippen molar-refractivity contribution in [2.24, 2.45) is 0 Å². The van der Waals surface area contributed by atoms with Crippen molar-refractivity contribution in [3.63, 3.8) is 0 Å². The summed E-state index contributed by atoms with van der Waals surface area (Å²) < 4.78 is 12.7. The number of benzene rings is 3. The van der Waals surface area contributed by atoms with Crippen LogP contribution in [0.2, 0.25) is 0 Å². The number of nitrogens with zero attached hydrogens (tertiary/aromatic N) is 2. The van der Waals surface area contributed by atoms with E-state index in [1.807, 2.05) is 71.3 Å². The molecule has 0 saturated carbocycles. The monoisotopic (exact) mass is 429 g/mol. The highest BCUT2D eigenvalue weighted by Gasteiger charge is 2.15. The van der Waals surface area contributed by atoms with Crippen molar-refractivity contribution in [1.29, 1.82) is 0 Å². The molecule has 1 amide bonds. The van der Waals surface area contributed by atoms with E-state index in [4.69, 9.17) is 14.5 Å². The Bertz CT molecular complexity index is 1230. The van der Waals surface area contributed by atoms with E-state index < -0.39 is 0 Å². The van der Waals surface area contributed by atoms with Gasteiger partial charge in [-0.2, -0.15) is 0 Å². The highest BCUT2D eigenvalue weighted by molar-refractivity contribution is 5.91. The second-order valence-electron chi connectivity index (χ2n) is 7.57. The third-order valence-corrected chi connectivity index (χ3v) is 5.49. The predicted molar refractivity (Wildman–Crippen MR) is 127 cm³/mol. The summed E-state index contributed by atoms with van der Waals surface area (Å²) in [4.78, 5) is 17.7. The summed E-state index contributed by atoms with van der Waals surface area (Å²) >= 11 is 0. The molecule has 0 spiro atoms. The summed E-state index contributed by atoms with van der Waals surface area (Å²) in [5.74, 6) is 2.07. The second kappa shape index (κ2) is 9.56. The summed E-state index contributed by atoms with van der Waals surface area (Å²) in [6, 6.07) is 21.6. The van der Waals surface area contributed by atoms with E-state index in [2.05, 4.69) is 12.2 Å². The lowest BCUT2D eigenvalue weighted by atomic mass is 10.1. The van der Waals surface area contributed by atoms with Crippen molar-refractivity contribution in [2.75, 3.05) is 19.5 Å². The Morgan fingerprint density at radius 1 is 0.938 bits per heavy atom. The average molecular weight is 430 g/mol. The molecule has 1 heterocycles. The highest BCUT2D eigenvalue weighted by Crippen LogP contribution is 2.29. The molecule has 164 valence electrons. The van der Waals surface area contributed by atoms with Crippen molar-refractivity contribution in [3.8, 4) is 11.5 Å². The van der Waals surface area contributed by atoms with Crippen LogP contribution in [0, 0.1) is 0 Å². The normalized spacial score (nSPS) is 10.8. The van der Waals surface area contributed by atoms with Gasteiger partial charge in [-0.1, -0.05) is 37.3 Å². The van der Waals surface area contributed by atoms with Gasteiger partial charge in [0.1, 0.15) is 12.4 Å². The fourth-order valence-electron chi connectivity index (χ4n) is 3.78.